The Balaban J connectivity index is 1.41. The molecule has 0 aliphatic heterocycles. The molecule has 0 spiro atoms. The van der Waals surface area contributed by atoms with Crippen molar-refractivity contribution in [1.82, 2.24) is 24.8 Å². The fourth-order valence-corrected chi connectivity index (χ4v) is 3.37. The average molecular weight is 464 g/mol. The van der Waals surface area contributed by atoms with Crippen molar-refractivity contribution in [2.75, 3.05) is 0 Å². The van der Waals surface area contributed by atoms with Crippen molar-refractivity contribution in [3.63, 3.8) is 0 Å². The van der Waals surface area contributed by atoms with Crippen LogP contribution in [0.4, 0.5) is 0 Å². The van der Waals surface area contributed by atoms with E-state index in [-0.39, 0.29) is 18.4 Å². The highest BCUT2D eigenvalue weighted by molar-refractivity contribution is 6.30. The Hall–Kier alpha value is -3.91. The van der Waals surface area contributed by atoms with Crippen LogP contribution in [0.5, 0.6) is 0 Å². The third kappa shape index (κ3) is 5.48. The van der Waals surface area contributed by atoms with Crippen molar-refractivity contribution in [2.45, 2.75) is 26.6 Å². The van der Waals surface area contributed by atoms with E-state index >= 15 is 0 Å². The van der Waals surface area contributed by atoms with Crippen LogP contribution in [0.25, 0.3) is 5.65 Å². The molecule has 2 amide bonds. The maximum absolute atomic E-state index is 12.7. The number of carbonyl (C=O) groups is 2. The van der Waals surface area contributed by atoms with Gasteiger partial charge in [-0.2, -0.15) is 0 Å². The number of benzene rings is 2. The van der Waals surface area contributed by atoms with Crippen molar-refractivity contribution in [3.8, 4) is 0 Å². The molecule has 0 radical (unpaired) electrons. The molecule has 2 aromatic heterocycles. The average Bonchev–Trinajstić information content (AvgIpc) is 3.12. The first-order valence-corrected chi connectivity index (χ1v) is 10.7. The van der Waals surface area contributed by atoms with Gasteiger partial charge in [0.1, 0.15) is 6.54 Å². The lowest BCUT2D eigenvalue weighted by Gasteiger charge is -2.06. The van der Waals surface area contributed by atoms with E-state index in [1.807, 2.05) is 43.3 Å². The van der Waals surface area contributed by atoms with E-state index in [0.717, 1.165) is 21.4 Å². The number of halogens is 1. The molecule has 0 saturated heterocycles. The number of nitrogens with one attached hydrogen (secondary N) is 2. The highest BCUT2D eigenvalue weighted by Crippen LogP contribution is 2.09. The summed E-state index contributed by atoms with van der Waals surface area (Å²) in [7, 11) is 0. The number of nitrogens with zero attached hydrogens (tertiary/aromatic N) is 3. The summed E-state index contributed by atoms with van der Waals surface area (Å²) in [5.41, 5.74) is 3.18. The Labute approximate surface area is 194 Å². The molecule has 4 aromatic rings. The zero-order valence-electron chi connectivity index (χ0n) is 17.9. The van der Waals surface area contributed by atoms with Crippen molar-refractivity contribution in [3.05, 3.63) is 105 Å². The van der Waals surface area contributed by atoms with Gasteiger partial charge in [0.2, 0.25) is 5.91 Å². The van der Waals surface area contributed by atoms with E-state index in [9.17, 15) is 14.4 Å². The molecule has 2 heterocycles. The summed E-state index contributed by atoms with van der Waals surface area (Å²) >= 11 is 5.86. The number of aromatic nitrogens is 3. The number of hydrogen-bond acceptors (Lipinski definition) is 4. The molecule has 168 valence electrons. The number of rotatable bonds is 7. The predicted octanol–water partition coefficient (Wildman–Crippen LogP) is 2.70. The Morgan fingerprint density at radius 2 is 1.55 bits per heavy atom. The van der Waals surface area contributed by atoms with E-state index in [1.165, 1.54) is 10.6 Å². The molecule has 2 N–H and O–H groups in total. The Morgan fingerprint density at radius 1 is 0.909 bits per heavy atom. The smallest absolute Gasteiger partial charge is 0.350 e. The van der Waals surface area contributed by atoms with Crippen LogP contribution in [0.3, 0.4) is 0 Å². The monoisotopic (exact) mass is 463 g/mol. The molecule has 0 fully saturated rings. The summed E-state index contributed by atoms with van der Waals surface area (Å²) in [5.74, 6) is -0.663. The third-order valence-corrected chi connectivity index (χ3v) is 5.36. The lowest BCUT2D eigenvalue weighted by Crippen LogP contribution is -2.32. The molecular formula is C24H22ClN5O3. The van der Waals surface area contributed by atoms with Gasteiger partial charge in [-0.1, -0.05) is 53.6 Å². The third-order valence-electron chi connectivity index (χ3n) is 5.11. The normalized spacial score (nSPS) is 10.8. The van der Waals surface area contributed by atoms with Crippen LogP contribution in [-0.4, -0.2) is 26.0 Å². The van der Waals surface area contributed by atoms with E-state index in [4.69, 9.17) is 11.6 Å². The quantitative estimate of drug-likeness (QED) is 0.440. The second-order valence-corrected chi connectivity index (χ2v) is 8.09. The van der Waals surface area contributed by atoms with Gasteiger partial charge in [-0.15, -0.1) is 5.10 Å². The van der Waals surface area contributed by atoms with Crippen LogP contribution in [0, 0.1) is 6.92 Å². The van der Waals surface area contributed by atoms with E-state index in [2.05, 4.69) is 15.7 Å². The molecule has 0 saturated carbocycles. The predicted molar refractivity (Wildman–Crippen MR) is 125 cm³/mol. The molecule has 2 aromatic carbocycles. The molecule has 0 atom stereocenters. The fourth-order valence-electron chi connectivity index (χ4n) is 3.24. The summed E-state index contributed by atoms with van der Waals surface area (Å²) in [6, 6.07) is 18.1. The SMILES string of the molecule is Cc1ccc(CNC(=O)c2ccc3nn(CC(=O)NCc4ccc(Cl)cc4)c(=O)n3c2)cc1. The number of hydrogen-bond donors (Lipinski definition) is 2. The number of fused-ring (bicyclic) bond motifs is 1. The van der Waals surface area contributed by atoms with Crippen LogP contribution in [0.15, 0.2) is 71.7 Å². The highest BCUT2D eigenvalue weighted by atomic mass is 35.5. The molecule has 9 heteroatoms. The standard InChI is InChI=1S/C24H22ClN5O3/c1-16-2-4-17(5-3-16)13-27-23(32)19-8-11-21-28-30(24(33)29(21)14-19)15-22(31)26-12-18-6-9-20(25)10-7-18/h2-11,14H,12-13,15H2,1H3,(H,26,31)(H,27,32). The van der Waals surface area contributed by atoms with Gasteiger partial charge >= 0.3 is 5.69 Å². The lowest BCUT2D eigenvalue weighted by atomic mass is 10.1. The van der Waals surface area contributed by atoms with Crippen LogP contribution in [0.1, 0.15) is 27.0 Å². The summed E-state index contributed by atoms with van der Waals surface area (Å²) in [6.07, 6.45) is 1.43. The minimum absolute atomic E-state index is 0.233. The molecule has 4 rings (SSSR count). The van der Waals surface area contributed by atoms with Gasteiger partial charge in [0, 0.05) is 24.3 Å². The molecule has 8 nitrogen and oxygen atoms in total. The largest absolute Gasteiger partial charge is 0.350 e. The molecule has 0 unspecified atom stereocenters. The van der Waals surface area contributed by atoms with Crippen LogP contribution >= 0.6 is 11.6 Å². The van der Waals surface area contributed by atoms with Gasteiger partial charge in [0.25, 0.3) is 5.91 Å². The molecule has 33 heavy (non-hydrogen) atoms. The molecule has 0 aliphatic rings. The summed E-state index contributed by atoms with van der Waals surface area (Å²) in [4.78, 5) is 37.5. The van der Waals surface area contributed by atoms with Gasteiger partial charge in [-0.3, -0.25) is 9.59 Å². The minimum atomic E-state index is -0.500. The summed E-state index contributed by atoms with van der Waals surface area (Å²) in [5, 5.41) is 10.4. The van der Waals surface area contributed by atoms with Crippen LogP contribution in [0.2, 0.25) is 5.02 Å². The van der Waals surface area contributed by atoms with Gasteiger partial charge < -0.3 is 10.6 Å². The highest BCUT2D eigenvalue weighted by Gasteiger charge is 2.13. The maximum Gasteiger partial charge on any atom is 0.350 e. The Kier molecular flexibility index (Phi) is 6.55. The molecule has 0 aliphatic carbocycles. The minimum Gasteiger partial charge on any atom is -0.350 e. The van der Waals surface area contributed by atoms with Crippen LogP contribution < -0.4 is 16.3 Å². The first kappa shape index (κ1) is 22.3. The van der Waals surface area contributed by atoms with Gasteiger partial charge in [-0.05, 0) is 42.3 Å². The first-order valence-electron chi connectivity index (χ1n) is 10.3. The molecular weight excluding hydrogens is 442 g/mol. The maximum atomic E-state index is 12.7. The van der Waals surface area contributed by atoms with Crippen molar-refractivity contribution >= 4 is 29.1 Å². The summed E-state index contributed by atoms with van der Waals surface area (Å²) in [6.45, 7) is 2.45. The van der Waals surface area contributed by atoms with E-state index < -0.39 is 5.69 Å². The zero-order chi connectivity index (χ0) is 23.4. The lowest BCUT2D eigenvalue weighted by molar-refractivity contribution is -0.122. The van der Waals surface area contributed by atoms with E-state index in [0.29, 0.717) is 29.3 Å². The van der Waals surface area contributed by atoms with Gasteiger partial charge in [-0.25, -0.2) is 13.9 Å². The second-order valence-electron chi connectivity index (χ2n) is 7.66. The Bertz CT molecular complexity index is 1360. The van der Waals surface area contributed by atoms with Crippen LogP contribution in [-0.2, 0) is 24.4 Å². The number of carbonyl (C=O) groups excluding carboxylic acids is 2. The Morgan fingerprint density at radius 3 is 2.24 bits per heavy atom. The van der Waals surface area contributed by atoms with Crippen molar-refractivity contribution in [1.29, 1.82) is 0 Å². The van der Waals surface area contributed by atoms with Crippen molar-refractivity contribution < 1.29 is 9.59 Å². The number of pyridine rings is 1. The zero-order valence-corrected chi connectivity index (χ0v) is 18.7. The second kappa shape index (κ2) is 9.70. The fraction of sp³-hybridized carbons (Fsp3) is 0.167. The van der Waals surface area contributed by atoms with Crippen molar-refractivity contribution in [2.24, 2.45) is 0 Å². The van der Waals surface area contributed by atoms with Gasteiger partial charge in [0.05, 0.1) is 5.56 Å². The topological polar surface area (TPSA) is 97.5 Å². The first-order chi connectivity index (χ1) is 15.9. The number of aryl methyl sites for hydroxylation is 1. The summed E-state index contributed by atoms with van der Waals surface area (Å²) < 4.78 is 2.33. The number of amides is 2. The van der Waals surface area contributed by atoms with E-state index in [1.54, 1.807) is 24.3 Å². The molecule has 0 bridgehead atoms. The van der Waals surface area contributed by atoms with Gasteiger partial charge in [0.15, 0.2) is 5.65 Å².